The summed E-state index contributed by atoms with van der Waals surface area (Å²) in [7, 11) is 0. The van der Waals surface area contributed by atoms with Crippen LogP contribution in [-0.4, -0.2) is 11.6 Å². The summed E-state index contributed by atoms with van der Waals surface area (Å²) < 4.78 is 11.7. The smallest absolute Gasteiger partial charge is 0.308 e. The van der Waals surface area contributed by atoms with Crippen LogP contribution in [0.2, 0.25) is 0 Å². The molecule has 0 unspecified atom stereocenters. The molecule has 0 saturated heterocycles. The van der Waals surface area contributed by atoms with Crippen LogP contribution < -0.4 is 9.47 Å². The molecule has 0 bridgehead atoms. The zero-order valence-corrected chi connectivity index (χ0v) is 13.1. The Hall–Kier alpha value is -2.03. The highest BCUT2D eigenvalue weighted by Crippen LogP contribution is 2.53. The van der Waals surface area contributed by atoms with Crippen LogP contribution in [0.25, 0.3) is 10.8 Å². The first-order valence-electron chi connectivity index (χ1n) is 7.18. The Bertz CT molecular complexity index is 741. The second-order valence-electron chi connectivity index (χ2n) is 6.63. The second kappa shape index (κ2) is 4.23. The van der Waals surface area contributed by atoms with Gasteiger partial charge < -0.3 is 9.47 Å². The highest BCUT2D eigenvalue weighted by atomic mass is 16.5. The maximum absolute atomic E-state index is 11.4. The van der Waals surface area contributed by atoms with E-state index >= 15 is 0 Å². The molecule has 0 aromatic heterocycles. The van der Waals surface area contributed by atoms with Gasteiger partial charge >= 0.3 is 5.97 Å². The van der Waals surface area contributed by atoms with Crippen molar-refractivity contribution in [1.82, 2.24) is 0 Å². The third kappa shape index (κ3) is 1.91. The number of esters is 1. The van der Waals surface area contributed by atoms with E-state index in [9.17, 15) is 4.79 Å². The van der Waals surface area contributed by atoms with E-state index < -0.39 is 0 Å². The maximum Gasteiger partial charge on any atom is 0.308 e. The van der Waals surface area contributed by atoms with Crippen LogP contribution in [0.15, 0.2) is 30.3 Å². The summed E-state index contributed by atoms with van der Waals surface area (Å²) in [4.78, 5) is 11.4. The van der Waals surface area contributed by atoms with E-state index in [-0.39, 0.29) is 17.0 Å². The van der Waals surface area contributed by atoms with E-state index in [4.69, 9.17) is 9.47 Å². The van der Waals surface area contributed by atoms with Crippen LogP contribution >= 0.6 is 0 Å². The van der Waals surface area contributed by atoms with Crippen molar-refractivity contribution < 1.29 is 14.3 Å². The molecule has 21 heavy (non-hydrogen) atoms. The number of hydrogen-bond acceptors (Lipinski definition) is 3. The fourth-order valence-corrected chi connectivity index (χ4v) is 2.84. The predicted octanol–water partition coefficient (Wildman–Crippen LogP) is 4.21. The summed E-state index contributed by atoms with van der Waals surface area (Å²) in [5.74, 6) is 1.19. The lowest BCUT2D eigenvalue weighted by Gasteiger charge is -2.33. The van der Waals surface area contributed by atoms with Crippen molar-refractivity contribution in [3.63, 3.8) is 0 Å². The molecular formula is C18H20O3. The Morgan fingerprint density at radius 2 is 1.71 bits per heavy atom. The molecule has 0 N–H and O–H groups in total. The lowest BCUT2D eigenvalue weighted by Crippen LogP contribution is -2.41. The summed E-state index contributed by atoms with van der Waals surface area (Å²) in [5, 5.41) is 1.89. The first kappa shape index (κ1) is 13.9. The SMILES string of the molecule is CC(=O)Oc1cc2c(c3ccccc13)OC(C)(C)C2(C)C. The first-order chi connectivity index (χ1) is 9.74. The van der Waals surface area contributed by atoms with Gasteiger partial charge in [-0.3, -0.25) is 4.79 Å². The number of ether oxygens (including phenoxy) is 2. The molecule has 3 rings (SSSR count). The molecule has 3 heteroatoms. The van der Waals surface area contributed by atoms with E-state index in [1.807, 2.05) is 30.3 Å². The predicted molar refractivity (Wildman–Crippen MR) is 83.0 cm³/mol. The highest BCUT2D eigenvalue weighted by molar-refractivity contribution is 5.96. The normalized spacial score (nSPS) is 18.1. The first-order valence-corrected chi connectivity index (χ1v) is 7.18. The molecule has 1 heterocycles. The quantitative estimate of drug-likeness (QED) is 0.581. The van der Waals surface area contributed by atoms with E-state index in [2.05, 4.69) is 27.7 Å². The third-order valence-electron chi connectivity index (χ3n) is 4.75. The molecule has 0 atom stereocenters. The Balaban J connectivity index is 2.35. The summed E-state index contributed by atoms with van der Waals surface area (Å²) in [5.41, 5.74) is 0.608. The molecule has 0 fully saturated rings. The molecule has 0 saturated carbocycles. The summed E-state index contributed by atoms with van der Waals surface area (Å²) in [6, 6.07) is 9.83. The third-order valence-corrected chi connectivity index (χ3v) is 4.75. The zero-order chi connectivity index (χ0) is 15.4. The van der Waals surface area contributed by atoms with Gasteiger partial charge in [-0.05, 0) is 19.9 Å². The number of fused-ring (bicyclic) bond motifs is 3. The van der Waals surface area contributed by atoms with E-state index in [0.29, 0.717) is 5.75 Å². The minimum atomic E-state index is -0.313. The van der Waals surface area contributed by atoms with Crippen LogP contribution in [0.3, 0.4) is 0 Å². The van der Waals surface area contributed by atoms with E-state index in [1.54, 1.807) is 0 Å². The van der Waals surface area contributed by atoms with Crippen molar-refractivity contribution in [2.75, 3.05) is 0 Å². The number of hydrogen-bond donors (Lipinski definition) is 0. The molecule has 2 aromatic rings. The Labute approximate surface area is 124 Å². The molecule has 110 valence electrons. The van der Waals surface area contributed by atoms with Crippen molar-refractivity contribution in [2.24, 2.45) is 0 Å². The lowest BCUT2D eigenvalue weighted by molar-refractivity contribution is -0.131. The standard InChI is InChI=1S/C18H20O3/c1-11(19)20-15-10-14-16(13-9-7-6-8-12(13)15)21-18(4,5)17(14,2)3/h6-10H,1-5H3. The van der Waals surface area contributed by atoms with Crippen LogP contribution in [0.1, 0.15) is 40.2 Å². The van der Waals surface area contributed by atoms with Gasteiger partial charge in [-0.25, -0.2) is 0 Å². The van der Waals surface area contributed by atoms with E-state index in [1.165, 1.54) is 6.92 Å². The van der Waals surface area contributed by atoms with E-state index in [0.717, 1.165) is 22.1 Å². The molecule has 3 nitrogen and oxygen atoms in total. The Morgan fingerprint density at radius 3 is 2.33 bits per heavy atom. The van der Waals surface area contributed by atoms with Gasteiger partial charge in [0, 0.05) is 28.7 Å². The van der Waals surface area contributed by atoms with Gasteiger partial charge in [0.1, 0.15) is 17.1 Å². The summed E-state index contributed by atoms with van der Waals surface area (Å²) >= 11 is 0. The van der Waals surface area contributed by atoms with Gasteiger partial charge in [0.05, 0.1) is 0 Å². The van der Waals surface area contributed by atoms with Crippen molar-refractivity contribution >= 4 is 16.7 Å². The average Bonchev–Trinajstić information content (AvgIpc) is 2.57. The minimum absolute atomic E-state index is 0.165. The lowest BCUT2D eigenvalue weighted by atomic mass is 9.73. The summed E-state index contributed by atoms with van der Waals surface area (Å²) in [6.45, 7) is 9.92. The van der Waals surface area contributed by atoms with Gasteiger partial charge in [-0.15, -0.1) is 0 Å². The average molecular weight is 284 g/mol. The highest BCUT2D eigenvalue weighted by Gasteiger charge is 2.49. The summed E-state index contributed by atoms with van der Waals surface area (Å²) in [6.07, 6.45) is 0. The van der Waals surface area contributed by atoms with Crippen molar-refractivity contribution in [3.05, 3.63) is 35.9 Å². The van der Waals surface area contributed by atoms with Crippen molar-refractivity contribution in [2.45, 2.75) is 45.6 Å². The van der Waals surface area contributed by atoms with Gasteiger partial charge in [0.2, 0.25) is 0 Å². The monoisotopic (exact) mass is 284 g/mol. The topological polar surface area (TPSA) is 35.5 Å². The van der Waals surface area contributed by atoms with Crippen LogP contribution in [0.5, 0.6) is 11.5 Å². The molecule has 0 radical (unpaired) electrons. The van der Waals surface area contributed by atoms with Gasteiger partial charge in [0.15, 0.2) is 0 Å². The van der Waals surface area contributed by atoms with Crippen LogP contribution in [0.4, 0.5) is 0 Å². The number of rotatable bonds is 1. The zero-order valence-electron chi connectivity index (χ0n) is 13.1. The number of carbonyl (C=O) groups is 1. The molecule has 0 amide bonds. The molecule has 2 aromatic carbocycles. The number of carbonyl (C=O) groups excluding carboxylic acids is 1. The molecule has 0 aliphatic carbocycles. The maximum atomic E-state index is 11.4. The Kier molecular flexibility index (Phi) is 2.81. The largest absolute Gasteiger partial charge is 0.486 e. The minimum Gasteiger partial charge on any atom is -0.486 e. The van der Waals surface area contributed by atoms with Crippen molar-refractivity contribution in [3.8, 4) is 11.5 Å². The van der Waals surface area contributed by atoms with Gasteiger partial charge in [-0.1, -0.05) is 38.1 Å². The fourth-order valence-electron chi connectivity index (χ4n) is 2.84. The molecular weight excluding hydrogens is 264 g/mol. The molecule has 1 aliphatic rings. The van der Waals surface area contributed by atoms with Crippen LogP contribution in [0, 0.1) is 0 Å². The van der Waals surface area contributed by atoms with Gasteiger partial charge in [-0.2, -0.15) is 0 Å². The van der Waals surface area contributed by atoms with Crippen molar-refractivity contribution in [1.29, 1.82) is 0 Å². The van der Waals surface area contributed by atoms with Crippen LogP contribution in [-0.2, 0) is 10.2 Å². The van der Waals surface area contributed by atoms with Gasteiger partial charge in [0.25, 0.3) is 0 Å². The molecule has 0 spiro atoms. The Morgan fingerprint density at radius 1 is 1.10 bits per heavy atom. The fraction of sp³-hybridized carbons (Fsp3) is 0.389. The second-order valence-corrected chi connectivity index (χ2v) is 6.63. The molecule has 1 aliphatic heterocycles. The number of benzene rings is 2.